The highest BCUT2D eigenvalue weighted by atomic mass is 32.2. The molecule has 100 valence electrons. The van der Waals surface area contributed by atoms with E-state index >= 15 is 0 Å². The second kappa shape index (κ2) is 4.40. The summed E-state index contributed by atoms with van der Waals surface area (Å²) in [5, 5.41) is 0. The Labute approximate surface area is 108 Å². The molecule has 0 spiro atoms. The summed E-state index contributed by atoms with van der Waals surface area (Å²) < 4.78 is 23.6. The number of thioether (sulfide) groups is 1. The van der Waals surface area contributed by atoms with E-state index in [2.05, 4.69) is 18.7 Å². The van der Waals surface area contributed by atoms with Crippen molar-refractivity contribution in [3.05, 3.63) is 0 Å². The molecule has 0 aliphatic carbocycles. The quantitative estimate of drug-likeness (QED) is 0.788. The minimum Gasteiger partial charge on any atom is -0.329 e. The van der Waals surface area contributed by atoms with Crippen LogP contribution in [0.2, 0.25) is 0 Å². The average Bonchev–Trinajstić information content (AvgIpc) is 2.54. The predicted molar refractivity (Wildman–Crippen MR) is 73.2 cm³/mol. The van der Waals surface area contributed by atoms with Crippen molar-refractivity contribution in [3.8, 4) is 0 Å². The molecule has 2 rings (SSSR count). The molecule has 6 heteroatoms. The van der Waals surface area contributed by atoms with Crippen molar-refractivity contribution >= 4 is 21.6 Å². The maximum Gasteiger partial charge on any atom is 0.152 e. The SMILES string of the molecule is CC1(C)CN(C2(CN)CCS(=O)(=O)C2)CCS1. The summed E-state index contributed by atoms with van der Waals surface area (Å²) in [4.78, 5) is 2.33. The van der Waals surface area contributed by atoms with Crippen LogP contribution in [0.15, 0.2) is 0 Å². The van der Waals surface area contributed by atoms with Gasteiger partial charge in [0, 0.05) is 35.7 Å². The fourth-order valence-electron chi connectivity index (χ4n) is 2.86. The molecule has 2 fully saturated rings. The standard InChI is InChI=1S/C11H22N2O2S2/c1-10(2)8-13(4-5-16-10)11(7-12)3-6-17(14,15)9-11/h3-9,12H2,1-2H3. The summed E-state index contributed by atoms with van der Waals surface area (Å²) in [6.45, 7) is 6.78. The molecular weight excluding hydrogens is 256 g/mol. The van der Waals surface area contributed by atoms with Crippen LogP contribution < -0.4 is 5.73 Å². The third-order valence-electron chi connectivity index (χ3n) is 3.84. The van der Waals surface area contributed by atoms with Crippen LogP contribution in [0.1, 0.15) is 20.3 Å². The first-order chi connectivity index (χ1) is 7.79. The highest BCUT2D eigenvalue weighted by Gasteiger charge is 2.47. The zero-order chi connectivity index (χ0) is 12.7. The number of nitrogens with two attached hydrogens (primary N) is 1. The van der Waals surface area contributed by atoms with Crippen molar-refractivity contribution in [3.63, 3.8) is 0 Å². The molecular formula is C11H22N2O2S2. The summed E-state index contributed by atoms with van der Waals surface area (Å²) in [5.74, 6) is 1.61. The normalized spacial score (nSPS) is 37.1. The summed E-state index contributed by atoms with van der Waals surface area (Å²) in [7, 11) is -2.88. The van der Waals surface area contributed by atoms with Gasteiger partial charge < -0.3 is 5.73 Å². The summed E-state index contributed by atoms with van der Waals surface area (Å²) >= 11 is 1.96. The predicted octanol–water partition coefficient (Wildman–Crippen LogP) is 0.330. The first-order valence-electron chi connectivity index (χ1n) is 6.08. The maximum absolute atomic E-state index is 11.7. The second-order valence-corrected chi connectivity index (χ2v) is 9.79. The zero-order valence-corrected chi connectivity index (χ0v) is 12.2. The smallest absolute Gasteiger partial charge is 0.152 e. The van der Waals surface area contributed by atoms with Crippen molar-refractivity contribution < 1.29 is 8.42 Å². The molecule has 0 bridgehead atoms. The van der Waals surface area contributed by atoms with Gasteiger partial charge in [-0.15, -0.1) is 0 Å². The number of hydrogen-bond donors (Lipinski definition) is 1. The van der Waals surface area contributed by atoms with Gasteiger partial charge in [-0.1, -0.05) is 0 Å². The van der Waals surface area contributed by atoms with Crippen LogP contribution in [0, 0.1) is 0 Å². The van der Waals surface area contributed by atoms with Crippen LogP contribution >= 0.6 is 11.8 Å². The Morgan fingerprint density at radius 2 is 2.12 bits per heavy atom. The minimum atomic E-state index is -2.88. The zero-order valence-electron chi connectivity index (χ0n) is 10.6. The first-order valence-corrected chi connectivity index (χ1v) is 8.89. The summed E-state index contributed by atoms with van der Waals surface area (Å²) in [6.07, 6.45) is 0.701. The Balaban J connectivity index is 2.19. The Kier molecular flexibility index (Phi) is 3.53. The largest absolute Gasteiger partial charge is 0.329 e. The van der Waals surface area contributed by atoms with Gasteiger partial charge in [0.2, 0.25) is 0 Å². The maximum atomic E-state index is 11.7. The van der Waals surface area contributed by atoms with Crippen LogP contribution in [-0.2, 0) is 9.84 Å². The average molecular weight is 278 g/mol. The summed E-state index contributed by atoms with van der Waals surface area (Å²) in [6, 6.07) is 0. The Hall–Kier alpha value is 0.220. The Bertz CT molecular complexity index is 394. The van der Waals surface area contributed by atoms with Crippen molar-refractivity contribution in [1.82, 2.24) is 4.90 Å². The van der Waals surface area contributed by atoms with Crippen molar-refractivity contribution in [2.24, 2.45) is 5.73 Å². The molecule has 2 saturated heterocycles. The van der Waals surface area contributed by atoms with Gasteiger partial charge in [0.1, 0.15) is 0 Å². The van der Waals surface area contributed by atoms with E-state index in [4.69, 9.17) is 5.73 Å². The molecule has 0 aromatic heterocycles. The van der Waals surface area contributed by atoms with E-state index < -0.39 is 9.84 Å². The Morgan fingerprint density at radius 1 is 1.41 bits per heavy atom. The lowest BCUT2D eigenvalue weighted by Crippen LogP contribution is -2.60. The van der Waals surface area contributed by atoms with E-state index in [-0.39, 0.29) is 16.0 Å². The van der Waals surface area contributed by atoms with E-state index in [0.29, 0.717) is 18.7 Å². The van der Waals surface area contributed by atoms with Crippen LogP contribution in [-0.4, -0.2) is 60.5 Å². The van der Waals surface area contributed by atoms with Crippen LogP contribution in [0.5, 0.6) is 0 Å². The first kappa shape index (κ1) is 13.6. The molecule has 4 nitrogen and oxygen atoms in total. The van der Waals surface area contributed by atoms with Gasteiger partial charge in [0.15, 0.2) is 9.84 Å². The lowest BCUT2D eigenvalue weighted by Gasteiger charge is -2.47. The molecule has 2 heterocycles. The van der Waals surface area contributed by atoms with Gasteiger partial charge >= 0.3 is 0 Å². The van der Waals surface area contributed by atoms with Gasteiger partial charge in [-0.3, -0.25) is 4.90 Å². The lowest BCUT2D eigenvalue weighted by atomic mass is 9.95. The van der Waals surface area contributed by atoms with Gasteiger partial charge in [0.25, 0.3) is 0 Å². The highest BCUT2D eigenvalue weighted by molar-refractivity contribution is 8.00. The molecule has 17 heavy (non-hydrogen) atoms. The molecule has 0 aromatic rings. The van der Waals surface area contributed by atoms with Crippen LogP contribution in [0.4, 0.5) is 0 Å². The summed E-state index contributed by atoms with van der Waals surface area (Å²) in [5.41, 5.74) is 5.60. The second-order valence-electron chi connectivity index (χ2n) is 5.80. The van der Waals surface area contributed by atoms with Crippen molar-refractivity contribution in [2.45, 2.75) is 30.6 Å². The van der Waals surface area contributed by atoms with Crippen LogP contribution in [0.3, 0.4) is 0 Å². The monoisotopic (exact) mass is 278 g/mol. The van der Waals surface area contributed by atoms with E-state index in [1.165, 1.54) is 0 Å². The van der Waals surface area contributed by atoms with Crippen molar-refractivity contribution in [2.75, 3.05) is 36.9 Å². The topological polar surface area (TPSA) is 63.4 Å². The number of nitrogens with zero attached hydrogens (tertiary/aromatic N) is 1. The van der Waals surface area contributed by atoms with E-state index in [1.54, 1.807) is 0 Å². The van der Waals surface area contributed by atoms with Gasteiger partial charge in [-0.05, 0) is 20.3 Å². The highest BCUT2D eigenvalue weighted by Crippen LogP contribution is 2.37. The van der Waals surface area contributed by atoms with E-state index in [9.17, 15) is 8.42 Å². The molecule has 2 N–H and O–H groups in total. The van der Waals surface area contributed by atoms with Gasteiger partial charge in [-0.2, -0.15) is 11.8 Å². The van der Waals surface area contributed by atoms with E-state index in [0.717, 1.165) is 18.8 Å². The lowest BCUT2D eigenvalue weighted by molar-refractivity contribution is 0.110. The molecule has 0 radical (unpaired) electrons. The molecule has 0 saturated carbocycles. The Morgan fingerprint density at radius 3 is 2.59 bits per heavy atom. The third kappa shape index (κ3) is 2.80. The molecule has 2 aliphatic rings. The van der Waals surface area contributed by atoms with Gasteiger partial charge in [-0.25, -0.2) is 8.42 Å². The molecule has 1 unspecified atom stereocenters. The van der Waals surface area contributed by atoms with E-state index in [1.807, 2.05) is 11.8 Å². The fraction of sp³-hybridized carbons (Fsp3) is 1.00. The fourth-order valence-corrected chi connectivity index (χ4v) is 6.07. The number of hydrogen-bond acceptors (Lipinski definition) is 5. The molecule has 0 aromatic carbocycles. The number of rotatable bonds is 2. The molecule has 1 atom stereocenters. The van der Waals surface area contributed by atoms with Crippen molar-refractivity contribution in [1.29, 1.82) is 0 Å². The molecule has 2 aliphatic heterocycles. The number of sulfone groups is 1. The third-order valence-corrected chi connectivity index (χ3v) is 6.94. The van der Waals surface area contributed by atoms with Crippen LogP contribution in [0.25, 0.3) is 0 Å². The molecule has 0 amide bonds. The van der Waals surface area contributed by atoms with Gasteiger partial charge in [0.05, 0.1) is 11.5 Å². The minimum absolute atomic E-state index is 0.201.